The minimum absolute atomic E-state index is 0.100. The molecule has 0 aromatic heterocycles. The Morgan fingerprint density at radius 2 is 0.506 bits per heavy atom. The Morgan fingerprint density at radius 1 is 0.273 bits per heavy atom. The molecule has 0 aliphatic heterocycles. The molecule has 0 saturated carbocycles. The van der Waals surface area contributed by atoms with E-state index >= 15 is 0 Å². The second kappa shape index (κ2) is 63.8. The average Bonchev–Trinajstić information content (AvgIpc) is 3.43. The number of hydrogen-bond acceptors (Lipinski definition) is 6. The van der Waals surface area contributed by atoms with Crippen LogP contribution in [0.4, 0.5) is 0 Å². The molecular weight excluding hydrogens is 949 g/mol. The fourth-order valence-electron chi connectivity index (χ4n) is 8.17. The summed E-state index contributed by atoms with van der Waals surface area (Å²) in [6.07, 6.45) is 91.2. The number of allylic oxidation sites excluding steroid dienone is 24. The van der Waals surface area contributed by atoms with Crippen LogP contribution in [0.1, 0.15) is 265 Å². The van der Waals surface area contributed by atoms with Crippen molar-refractivity contribution >= 4 is 17.9 Å². The molecule has 0 aliphatic rings. The molecule has 0 aliphatic carbocycles. The molecule has 0 amide bonds. The van der Waals surface area contributed by atoms with E-state index in [1.807, 2.05) is 0 Å². The van der Waals surface area contributed by atoms with Gasteiger partial charge >= 0.3 is 17.9 Å². The average molecular weight is 1060 g/mol. The highest BCUT2D eigenvalue weighted by molar-refractivity contribution is 5.71. The van der Waals surface area contributed by atoms with Crippen molar-refractivity contribution < 1.29 is 28.6 Å². The summed E-state index contributed by atoms with van der Waals surface area (Å²) in [5, 5.41) is 0. The minimum atomic E-state index is -0.806. The third-order valence-corrected chi connectivity index (χ3v) is 12.8. The van der Waals surface area contributed by atoms with E-state index in [0.29, 0.717) is 19.3 Å². The maximum Gasteiger partial charge on any atom is 0.306 e. The Labute approximate surface area is 474 Å². The zero-order valence-electron chi connectivity index (χ0n) is 49.7. The molecule has 0 aromatic rings. The van der Waals surface area contributed by atoms with Crippen LogP contribution in [0.5, 0.6) is 0 Å². The lowest BCUT2D eigenvalue weighted by Gasteiger charge is -2.18. The molecule has 0 N–H and O–H groups in total. The molecule has 0 aromatic carbocycles. The van der Waals surface area contributed by atoms with Gasteiger partial charge in [0.05, 0.1) is 0 Å². The first-order valence-electron chi connectivity index (χ1n) is 31.3. The van der Waals surface area contributed by atoms with Gasteiger partial charge in [0.25, 0.3) is 0 Å². The molecule has 0 heterocycles. The third kappa shape index (κ3) is 62.0. The Hall–Kier alpha value is -4.71. The van der Waals surface area contributed by atoms with Crippen molar-refractivity contribution in [3.8, 4) is 0 Å². The normalized spacial score (nSPS) is 13.1. The van der Waals surface area contributed by atoms with E-state index in [0.717, 1.165) is 167 Å². The van der Waals surface area contributed by atoms with Crippen molar-refractivity contribution in [1.82, 2.24) is 0 Å². The van der Waals surface area contributed by atoms with Crippen LogP contribution >= 0.6 is 0 Å². The molecule has 0 spiro atoms. The second-order valence-electron chi connectivity index (χ2n) is 20.2. The molecule has 0 fully saturated rings. The van der Waals surface area contributed by atoms with Crippen LogP contribution < -0.4 is 0 Å². The topological polar surface area (TPSA) is 78.9 Å². The van der Waals surface area contributed by atoms with E-state index in [4.69, 9.17) is 14.2 Å². The van der Waals surface area contributed by atoms with Crippen molar-refractivity contribution in [3.05, 3.63) is 146 Å². The SMILES string of the molecule is CC/C=C\C/C=C\C/C=C\C/C=C\C/C=C\C/C=C\CCCCCCC(=O)OCC(COC(=O)CCCCCCC/C=C\CCCCCC)OC(=O)CCCCCCCCC/C=C\C/C=C\C/C=C\C/C=C\C/C=C\CC. The second-order valence-corrected chi connectivity index (χ2v) is 20.2. The Balaban J connectivity index is 4.46. The van der Waals surface area contributed by atoms with Gasteiger partial charge in [-0.3, -0.25) is 14.4 Å². The number of carbonyl (C=O) groups excluding carboxylic acids is 3. The van der Waals surface area contributed by atoms with Crippen molar-refractivity contribution in [3.63, 3.8) is 0 Å². The van der Waals surface area contributed by atoms with Crippen LogP contribution in [-0.2, 0) is 28.6 Å². The van der Waals surface area contributed by atoms with Crippen molar-refractivity contribution in [2.75, 3.05) is 13.2 Å². The van der Waals surface area contributed by atoms with Crippen LogP contribution in [0.3, 0.4) is 0 Å². The van der Waals surface area contributed by atoms with Gasteiger partial charge in [-0.25, -0.2) is 0 Å². The monoisotopic (exact) mass is 1060 g/mol. The summed E-state index contributed by atoms with van der Waals surface area (Å²) in [6.45, 7) is 6.36. The molecule has 0 bridgehead atoms. The first-order valence-corrected chi connectivity index (χ1v) is 31.3. The van der Waals surface area contributed by atoms with E-state index < -0.39 is 6.10 Å². The minimum Gasteiger partial charge on any atom is -0.462 e. The van der Waals surface area contributed by atoms with Crippen molar-refractivity contribution in [1.29, 1.82) is 0 Å². The highest BCUT2D eigenvalue weighted by Crippen LogP contribution is 2.14. The maximum absolute atomic E-state index is 12.9. The van der Waals surface area contributed by atoms with Gasteiger partial charge < -0.3 is 14.2 Å². The molecule has 6 heteroatoms. The largest absolute Gasteiger partial charge is 0.462 e. The fourth-order valence-corrected chi connectivity index (χ4v) is 8.17. The molecular formula is C71H114O6. The smallest absolute Gasteiger partial charge is 0.306 e. The van der Waals surface area contributed by atoms with Gasteiger partial charge in [0.2, 0.25) is 0 Å². The van der Waals surface area contributed by atoms with Crippen LogP contribution in [0.25, 0.3) is 0 Å². The summed E-state index contributed by atoms with van der Waals surface area (Å²) >= 11 is 0. The first kappa shape index (κ1) is 72.3. The third-order valence-electron chi connectivity index (χ3n) is 12.8. The zero-order valence-corrected chi connectivity index (χ0v) is 49.7. The maximum atomic E-state index is 12.9. The van der Waals surface area contributed by atoms with Crippen LogP contribution in [0, 0.1) is 0 Å². The molecule has 1 unspecified atom stereocenters. The highest BCUT2D eigenvalue weighted by atomic mass is 16.6. The zero-order chi connectivity index (χ0) is 55.7. The number of esters is 3. The van der Waals surface area contributed by atoms with Crippen molar-refractivity contribution in [2.24, 2.45) is 0 Å². The number of hydrogen-bond donors (Lipinski definition) is 0. The Morgan fingerprint density at radius 3 is 0.805 bits per heavy atom. The summed E-state index contributed by atoms with van der Waals surface area (Å²) in [7, 11) is 0. The molecule has 6 nitrogen and oxygen atoms in total. The lowest BCUT2D eigenvalue weighted by Crippen LogP contribution is -2.30. The predicted molar refractivity (Wildman–Crippen MR) is 334 cm³/mol. The summed E-state index contributed by atoms with van der Waals surface area (Å²) in [6, 6.07) is 0. The number of carbonyl (C=O) groups is 3. The van der Waals surface area contributed by atoms with Crippen LogP contribution in [-0.4, -0.2) is 37.2 Å². The quantitative estimate of drug-likeness (QED) is 0.0261. The molecule has 0 radical (unpaired) electrons. The lowest BCUT2D eigenvalue weighted by atomic mass is 10.1. The Bertz CT molecular complexity index is 1700. The first-order chi connectivity index (χ1) is 38.0. The predicted octanol–water partition coefficient (Wildman–Crippen LogP) is 21.5. The molecule has 0 rings (SSSR count). The molecule has 77 heavy (non-hydrogen) atoms. The summed E-state index contributed by atoms with van der Waals surface area (Å²) in [4.78, 5) is 38.3. The number of ether oxygens (including phenoxy) is 3. The van der Waals surface area contributed by atoms with Gasteiger partial charge in [0.1, 0.15) is 13.2 Å². The van der Waals surface area contributed by atoms with Crippen LogP contribution in [0.15, 0.2) is 146 Å². The molecule has 1 atom stereocenters. The van der Waals surface area contributed by atoms with E-state index in [9.17, 15) is 14.4 Å². The van der Waals surface area contributed by atoms with Crippen molar-refractivity contribution in [2.45, 2.75) is 271 Å². The lowest BCUT2D eigenvalue weighted by molar-refractivity contribution is -0.167. The summed E-state index contributed by atoms with van der Waals surface area (Å²) in [5.41, 5.74) is 0. The van der Waals surface area contributed by atoms with Gasteiger partial charge in [-0.15, -0.1) is 0 Å². The standard InChI is InChI=1S/C71H114O6/c1-4-7-10-13-16-19-22-25-27-29-31-33-35-37-39-41-43-46-49-52-55-58-61-64-70(73)76-67-68(66-75-69(72)63-60-57-54-51-48-45-24-21-18-15-12-9-6-3)77-71(74)65-62-59-56-53-50-47-44-42-40-38-36-34-32-30-28-26-23-20-17-14-11-8-5-2/h7-8,10-11,16-17,19-21,24-28,31-34,37-40,43,46,68H,4-6,9,12-15,18,22-23,29-30,35-36,41-42,44-45,47-67H2,1-3H3/b10-7-,11-8-,19-16-,20-17-,24-21-,27-25-,28-26-,33-31-,34-32-,39-37-,40-38-,46-43-. The Kier molecular flexibility index (Phi) is 59.9. The van der Waals surface area contributed by atoms with E-state index in [1.165, 1.54) is 57.8 Å². The number of unbranched alkanes of at least 4 members (excludes halogenated alkanes) is 20. The van der Waals surface area contributed by atoms with Crippen LogP contribution in [0.2, 0.25) is 0 Å². The van der Waals surface area contributed by atoms with Gasteiger partial charge in [-0.1, -0.05) is 250 Å². The summed E-state index contributed by atoms with van der Waals surface area (Å²) in [5.74, 6) is -0.947. The van der Waals surface area contributed by atoms with Gasteiger partial charge in [-0.2, -0.15) is 0 Å². The van der Waals surface area contributed by atoms with Gasteiger partial charge in [0, 0.05) is 19.3 Å². The van der Waals surface area contributed by atoms with Gasteiger partial charge in [0.15, 0.2) is 6.10 Å². The fraction of sp³-hybridized carbons (Fsp3) is 0.620. The summed E-state index contributed by atoms with van der Waals surface area (Å²) < 4.78 is 16.9. The van der Waals surface area contributed by atoms with E-state index in [2.05, 4.69) is 167 Å². The van der Waals surface area contributed by atoms with E-state index in [1.54, 1.807) is 0 Å². The molecule has 0 saturated heterocycles. The van der Waals surface area contributed by atoms with E-state index in [-0.39, 0.29) is 31.1 Å². The highest BCUT2D eigenvalue weighted by Gasteiger charge is 2.19. The van der Waals surface area contributed by atoms with Gasteiger partial charge in [-0.05, 0) is 141 Å². The molecule has 434 valence electrons. The number of rotatable bonds is 55.